The van der Waals surface area contributed by atoms with Gasteiger partial charge in [-0.1, -0.05) is 26.2 Å². The van der Waals surface area contributed by atoms with Gasteiger partial charge >= 0.3 is 6.03 Å². The second kappa shape index (κ2) is 7.67. The molecule has 126 valence electrons. The molecule has 0 radical (unpaired) electrons. The number of carbonyl (C=O) groups is 1. The highest BCUT2D eigenvalue weighted by molar-refractivity contribution is 5.74. The van der Waals surface area contributed by atoms with E-state index in [1.807, 2.05) is 0 Å². The average molecular weight is 308 g/mol. The van der Waals surface area contributed by atoms with Crippen molar-refractivity contribution in [2.24, 2.45) is 17.8 Å². The Morgan fingerprint density at radius 2 is 1.77 bits per heavy atom. The molecule has 3 rings (SSSR count). The maximum Gasteiger partial charge on any atom is 0.317 e. The van der Waals surface area contributed by atoms with Crippen LogP contribution >= 0.6 is 0 Å². The largest absolute Gasteiger partial charge is 0.381 e. The number of ether oxygens (including phenoxy) is 1. The quantitative estimate of drug-likeness (QED) is 0.817. The summed E-state index contributed by atoms with van der Waals surface area (Å²) in [7, 11) is 0. The van der Waals surface area contributed by atoms with Crippen LogP contribution < -0.4 is 5.32 Å². The van der Waals surface area contributed by atoms with E-state index in [4.69, 9.17) is 4.74 Å². The Hall–Kier alpha value is -0.770. The van der Waals surface area contributed by atoms with Gasteiger partial charge in [-0.05, 0) is 43.9 Å². The third kappa shape index (κ3) is 4.37. The van der Waals surface area contributed by atoms with Crippen LogP contribution in [0.3, 0.4) is 0 Å². The Bertz CT molecular complexity index is 356. The summed E-state index contributed by atoms with van der Waals surface area (Å²) in [5.74, 6) is 2.17. The van der Waals surface area contributed by atoms with Crippen molar-refractivity contribution in [1.82, 2.24) is 10.2 Å². The molecule has 2 amide bonds. The predicted octanol–water partition coefficient (Wildman–Crippen LogP) is 3.41. The normalized spacial score (nSPS) is 32.0. The van der Waals surface area contributed by atoms with Gasteiger partial charge in [0.2, 0.25) is 0 Å². The molecule has 1 aliphatic heterocycles. The van der Waals surface area contributed by atoms with Crippen molar-refractivity contribution >= 4 is 6.03 Å². The van der Waals surface area contributed by atoms with Gasteiger partial charge in [-0.3, -0.25) is 0 Å². The second-order valence-electron chi connectivity index (χ2n) is 7.59. The molecule has 4 heteroatoms. The molecule has 0 spiro atoms. The summed E-state index contributed by atoms with van der Waals surface area (Å²) in [6.45, 7) is 5.76. The maximum absolute atomic E-state index is 12.5. The lowest BCUT2D eigenvalue weighted by molar-refractivity contribution is 0.160. The van der Waals surface area contributed by atoms with Crippen LogP contribution in [-0.2, 0) is 4.74 Å². The Balaban J connectivity index is 1.41. The second-order valence-corrected chi connectivity index (χ2v) is 7.59. The number of hydrogen-bond donors (Lipinski definition) is 1. The summed E-state index contributed by atoms with van der Waals surface area (Å²) < 4.78 is 5.46. The molecule has 1 unspecified atom stereocenters. The molecule has 0 aromatic carbocycles. The number of nitrogens with zero attached hydrogens (tertiary/aromatic N) is 1. The lowest BCUT2D eigenvalue weighted by Gasteiger charge is -2.30. The summed E-state index contributed by atoms with van der Waals surface area (Å²) in [6.07, 6.45) is 10.1. The van der Waals surface area contributed by atoms with Gasteiger partial charge in [0.05, 0.1) is 6.61 Å². The first-order valence-electron chi connectivity index (χ1n) is 9.38. The third-order valence-electron chi connectivity index (χ3n) is 5.81. The average Bonchev–Trinajstić information content (AvgIpc) is 3.27. The topological polar surface area (TPSA) is 41.6 Å². The van der Waals surface area contributed by atoms with Crippen molar-refractivity contribution in [3.8, 4) is 0 Å². The van der Waals surface area contributed by atoms with E-state index in [1.165, 1.54) is 44.9 Å². The molecular formula is C18H32N2O2. The first-order valence-corrected chi connectivity index (χ1v) is 9.38. The van der Waals surface area contributed by atoms with Crippen LogP contribution in [0.4, 0.5) is 4.79 Å². The lowest BCUT2D eigenvalue weighted by Crippen LogP contribution is -2.45. The molecule has 0 aromatic rings. The number of rotatable bonds is 6. The van der Waals surface area contributed by atoms with Crippen molar-refractivity contribution in [2.45, 2.75) is 64.3 Å². The highest BCUT2D eigenvalue weighted by atomic mass is 16.5. The minimum absolute atomic E-state index is 0.173. The van der Waals surface area contributed by atoms with Crippen LogP contribution in [0.25, 0.3) is 0 Å². The monoisotopic (exact) mass is 308 g/mol. The zero-order valence-corrected chi connectivity index (χ0v) is 14.1. The number of hydrogen-bond acceptors (Lipinski definition) is 2. The van der Waals surface area contributed by atoms with E-state index in [2.05, 4.69) is 17.1 Å². The molecule has 2 aliphatic carbocycles. The van der Waals surface area contributed by atoms with Crippen LogP contribution in [0, 0.1) is 17.8 Å². The van der Waals surface area contributed by atoms with Crippen molar-refractivity contribution in [3.05, 3.63) is 0 Å². The highest BCUT2D eigenvalue weighted by Gasteiger charge is 2.35. The minimum Gasteiger partial charge on any atom is -0.381 e. The van der Waals surface area contributed by atoms with Crippen LogP contribution in [0.2, 0.25) is 0 Å². The van der Waals surface area contributed by atoms with Crippen LogP contribution in [-0.4, -0.2) is 43.3 Å². The highest BCUT2D eigenvalue weighted by Crippen LogP contribution is 2.31. The summed E-state index contributed by atoms with van der Waals surface area (Å²) >= 11 is 0. The molecule has 2 saturated carbocycles. The molecule has 0 bridgehead atoms. The number of nitrogens with one attached hydrogen (secondary N) is 1. The Morgan fingerprint density at radius 1 is 1.05 bits per heavy atom. The molecule has 3 fully saturated rings. The molecule has 4 nitrogen and oxygen atoms in total. The molecule has 1 saturated heterocycles. The molecule has 22 heavy (non-hydrogen) atoms. The molecular weight excluding hydrogens is 276 g/mol. The van der Waals surface area contributed by atoms with Crippen molar-refractivity contribution in [3.63, 3.8) is 0 Å². The maximum atomic E-state index is 12.5. The molecule has 3 aliphatic rings. The van der Waals surface area contributed by atoms with E-state index in [9.17, 15) is 4.79 Å². The predicted molar refractivity (Wildman–Crippen MR) is 87.8 cm³/mol. The zero-order chi connectivity index (χ0) is 15.4. The molecule has 1 N–H and O–H groups in total. The SMILES string of the molecule is CCC1CCC(CNC(=O)N(CC2CCOC2)C2CC2)CC1. The fourth-order valence-corrected chi connectivity index (χ4v) is 3.97. The number of amides is 2. The van der Waals surface area contributed by atoms with E-state index in [1.54, 1.807) is 0 Å². The van der Waals surface area contributed by atoms with E-state index < -0.39 is 0 Å². The summed E-state index contributed by atoms with van der Waals surface area (Å²) in [5, 5.41) is 3.23. The fourth-order valence-electron chi connectivity index (χ4n) is 3.97. The van der Waals surface area contributed by atoms with Gasteiger partial charge in [0.25, 0.3) is 0 Å². The number of carbonyl (C=O) groups excluding carboxylic acids is 1. The van der Waals surface area contributed by atoms with Gasteiger partial charge < -0.3 is 15.0 Å². The van der Waals surface area contributed by atoms with Crippen molar-refractivity contribution in [1.29, 1.82) is 0 Å². The van der Waals surface area contributed by atoms with Gasteiger partial charge in [-0.2, -0.15) is 0 Å². The van der Waals surface area contributed by atoms with Crippen LogP contribution in [0.1, 0.15) is 58.3 Å². The van der Waals surface area contributed by atoms with Crippen molar-refractivity contribution in [2.75, 3.05) is 26.3 Å². The van der Waals surface area contributed by atoms with Gasteiger partial charge in [-0.15, -0.1) is 0 Å². The Kier molecular flexibility index (Phi) is 5.61. The molecule has 0 aromatic heterocycles. The number of urea groups is 1. The van der Waals surface area contributed by atoms with Gasteiger partial charge in [-0.25, -0.2) is 4.79 Å². The van der Waals surface area contributed by atoms with E-state index in [-0.39, 0.29) is 6.03 Å². The zero-order valence-electron chi connectivity index (χ0n) is 14.1. The summed E-state index contributed by atoms with van der Waals surface area (Å²) in [5.41, 5.74) is 0. The Morgan fingerprint density at radius 3 is 2.36 bits per heavy atom. The molecule has 1 atom stereocenters. The fraction of sp³-hybridized carbons (Fsp3) is 0.944. The van der Waals surface area contributed by atoms with E-state index >= 15 is 0 Å². The molecule has 1 heterocycles. The van der Waals surface area contributed by atoms with Gasteiger partial charge in [0.1, 0.15) is 0 Å². The van der Waals surface area contributed by atoms with Gasteiger partial charge in [0.15, 0.2) is 0 Å². The standard InChI is InChI=1S/C18H32N2O2/c1-2-14-3-5-15(6-4-14)11-19-18(21)20(17-7-8-17)12-16-9-10-22-13-16/h14-17H,2-13H2,1H3,(H,19,21). The van der Waals surface area contributed by atoms with Crippen LogP contribution in [0.5, 0.6) is 0 Å². The van der Waals surface area contributed by atoms with E-state index in [0.717, 1.165) is 38.6 Å². The summed E-state index contributed by atoms with van der Waals surface area (Å²) in [4.78, 5) is 14.6. The first-order chi connectivity index (χ1) is 10.8. The smallest absolute Gasteiger partial charge is 0.317 e. The lowest BCUT2D eigenvalue weighted by atomic mass is 9.81. The van der Waals surface area contributed by atoms with Gasteiger partial charge in [0, 0.05) is 31.7 Å². The minimum atomic E-state index is 0.173. The van der Waals surface area contributed by atoms with Crippen molar-refractivity contribution < 1.29 is 9.53 Å². The van der Waals surface area contributed by atoms with E-state index in [0.29, 0.717) is 17.9 Å². The third-order valence-corrected chi connectivity index (χ3v) is 5.81. The summed E-state index contributed by atoms with van der Waals surface area (Å²) in [6, 6.07) is 0.670. The first kappa shape index (κ1) is 16.1. The van der Waals surface area contributed by atoms with Crippen LogP contribution in [0.15, 0.2) is 0 Å². The Labute approximate surface area is 135 Å².